The first kappa shape index (κ1) is 13.9. The summed E-state index contributed by atoms with van der Waals surface area (Å²) >= 11 is 0. The highest BCUT2D eigenvalue weighted by molar-refractivity contribution is 5.89. The van der Waals surface area contributed by atoms with Gasteiger partial charge in [0.1, 0.15) is 0 Å². The minimum absolute atomic E-state index is 0.0640. The quantitative estimate of drug-likeness (QED) is 0.747. The molecule has 0 aliphatic heterocycles. The summed E-state index contributed by atoms with van der Waals surface area (Å²) in [5.74, 6) is -0.0640. The minimum atomic E-state index is -0.0640. The molecular weight excluding hydrogens is 250 g/mol. The Labute approximate surface area is 119 Å². The molecular formula is C16H19N3O. The van der Waals surface area contributed by atoms with E-state index in [1.54, 1.807) is 0 Å². The molecule has 2 rings (SSSR count). The summed E-state index contributed by atoms with van der Waals surface area (Å²) in [5.41, 5.74) is 10.6. The van der Waals surface area contributed by atoms with Crippen molar-refractivity contribution in [1.82, 2.24) is 0 Å². The first-order valence-corrected chi connectivity index (χ1v) is 6.52. The molecule has 4 N–H and O–H groups in total. The van der Waals surface area contributed by atoms with Crippen LogP contribution in [-0.4, -0.2) is 5.91 Å². The van der Waals surface area contributed by atoms with Crippen LogP contribution in [0.4, 0.5) is 17.1 Å². The molecule has 4 heteroatoms. The van der Waals surface area contributed by atoms with Gasteiger partial charge in [0, 0.05) is 30.5 Å². The van der Waals surface area contributed by atoms with Crippen LogP contribution in [0.25, 0.3) is 0 Å². The second-order valence-corrected chi connectivity index (χ2v) is 4.76. The number of aryl methyl sites for hydroxylation is 1. The average Bonchev–Trinajstić information content (AvgIpc) is 2.40. The predicted octanol–water partition coefficient (Wildman–Crippen LogP) is 3.15. The first-order valence-electron chi connectivity index (χ1n) is 6.52. The molecule has 0 atom stereocenters. The number of nitrogen functional groups attached to an aromatic ring is 1. The van der Waals surface area contributed by atoms with Crippen LogP contribution in [0.5, 0.6) is 0 Å². The van der Waals surface area contributed by atoms with Crippen LogP contribution in [0.3, 0.4) is 0 Å². The van der Waals surface area contributed by atoms with Crippen molar-refractivity contribution < 1.29 is 4.79 Å². The Morgan fingerprint density at radius 2 is 1.95 bits per heavy atom. The normalized spacial score (nSPS) is 10.1. The maximum Gasteiger partial charge on any atom is 0.221 e. The third-order valence-corrected chi connectivity index (χ3v) is 3.08. The Balaban J connectivity index is 2.06. The maximum atomic E-state index is 11.1. The van der Waals surface area contributed by atoms with Crippen molar-refractivity contribution >= 4 is 23.0 Å². The molecule has 20 heavy (non-hydrogen) atoms. The number of nitrogens with one attached hydrogen (secondary N) is 2. The topological polar surface area (TPSA) is 67.2 Å². The summed E-state index contributed by atoms with van der Waals surface area (Å²) in [6.45, 7) is 4.14. The highest BCUT2D eigenvalue weighted by atomic mass is 16.1. The van der Waals surface area contributed by atoms with E-state index in [9.17, 15) is 4.79 Å². The highest BCUT2D eigenvalue weighted by Gasteiger charge is 2.02. The number of benzene rings is 2. The van der Waals surface area contributed by atoms with Crippen LogP contribution in [-0.2, 0) is 11.3 Å². The number of para-hydroxylation sites is 1. The van der Waals surface area contributed by atoms with Gasteiger partial charge in [0.2, 0.25) is 5.91 Å². The van der Waals surface area contributed by atoms with E-state index in [4.69, 9.17) is 5.73 Å². The van der Waals surface area contributed by atoms with E-state index < -0.39 is 0 Å². The van der Waals surface area contributed by atoms with Gasteiger partial charge in [-0.25, -0.2) is 0 Å². The summed E-state index contributed by atoms with van der Waals surface area (Å²) in [6, 6.07) is 13.6. The lowest BCUT2D eigenvalue weighted by molar-refractivity contribution is -0.114. The van der Waals surface area contributed by atoms with Crippen LogP contribution in [0.15, 0.2) is 42.5 Å². The molecule has 2 aromatic rings. The Bertz CT molecular complexity index is 623. The number of anilines is 3. The SMILES string of the molecule is CC(=O)Nc1ccc(NCc2ccccc2N)cc1C. The molecule has 0 aliphatic rings. The monoisotopic (exact) mass is 269 g/mol. The van der Waals surface area contributed by atoms with E-state index in [1.165, 1.54) is 6.92 Å². The van der Waals surface area contributed by atoms with Crippen LogP contribution < -0.4 is 16.4 Å². The predicted molar refractivity (Wildman–Crippen MR) is 83.7 cm³/mol. The number of nitrogens with two attached hydrogens (primary N) is 1. The van der Waals surface area contributed by atoms with Crippen LogP contribution >= 0.6 is 0 Å². The maximum absolute atomic E-state index is 11.1. The van der Waals surface area contributed by atoms with Crippen LogP contribution in [0, 0.1) is 6.92 Å². The molecule has 0 fully saturated rings. The Kier molecular flexibility index (Phi) is 4.25. The summed E-state index contributed by atoms with van der Waals surface area (Å²) < 4.78 is 0. The third-order valence-electron chi connectivity index (χ3n) is 3.08. The van der Waals surface area contributed by atoms with Crippen molar-refractivity contribution in [2.24, 2.45) is 0 Å². The van der Waals surface area contributed by atoms with Crippen molar-refractivity contribution in [3.8, 4) is 0 Å². The van der Waals surface area contributed by atoms with Crippen molar-refractivity contribution in [1.29, 1.82) is 0 Å². The zero-order chi connectivity index (χ0) is 14.5. The second-order valence-electron chi connectivity index (χ2n) is 4.76. The summed E-state index contributed by atoms with van der Waals surface area (Å²) in [4.78, 5) is 11.1. The zero-order valence-electron chi connectivity index (χ0n) is 11.7. The molecule has 0 unspecified atom stereocenters. The molecule has 104 valence electrons. The summed E-state index contributed by atoms with van der Waals surface area (Å²) in [7, 11) is 0. The van der Waals surface area contributed by atoms with Gasteiger partial charge in [-0.15, -0.1) is 0 Å². The third kappa shape index (κ3) is 3.51. The molecule has 0 bridgehead atoms. The molecule has 2 aromatic carbocycles. The van der Waals surface area contributed by atoms with Crippen molar-refractivity contribution in [2.75, 3.05) is 16.4 Å². The van der Waals surface area contributed by atoms with E-state index in [-0.39, 0.29) is 5.91 Å². The highest BCUT2D eigenvalue weighted by Crippen LogP contribution is 2.21. The second kappa shape index (κ2) is 6.10. The van der Waals surface area contributed by atoms with Gasteiger partial charge in [0.25, 0.3) is 0 Å². The zero-order valence-corrected chi connectivity index (χ0v) is 11.7. The van der Waals surface area contributed by atoms with Gasteiger partial charge < -0.3 is 16.4 Å². The lowest BCUT2D eigenvalue weighted by Crippen LogP contribution is -2.08. The minimum Gasteiger partial charge on any atom is -0.398 e. The number of rotatable bonds is 4. The smallest absolute Gasteiger partial charge is 0.221 e. The van der Waals surface area contributed by atoms with Crippen molar-refractivity contribution in [2.45, 2.75) is 20.4 Å². The molecule has 0 heterocycles. The molecule has 0 spiro atoms. The Hall–Kier alpha value is -2.49. The van der Waals surface area contributed by atoms with E-state index in [0.29, 0.717) is 6.54 Å². The summed E-state index contributed by atoms with van der Waals surface area (Å²) in [6.07, 6.45) is 0. The lowest BCUT2D eigenvalue weighted by atomic mass is 10.1. The molecule has 0 aromatic heterocycles. The molecule has 0 saturated carbocycles. The fourth-order valence-electron chi connectivity index (χ4n) is 2.00. The average molecular weight is 269 g/mol. The van der Waals surface area contributed by atoms with E-state index >= 15 is 0 Å². The number of carbonyl (C=O) groups is 1. The Morgan fingerprint density at radius 1 is 1.20 bits per heavy atom. The van der Waals surface area contributed by atoms with E-state index in [0.717, 1.165) is 28.2 Å². The van der Waals surface area contributed by atoms with Crippen LogP contribution in [0.1, 0.15) is 18.1 Å². The molecule has 0 radical (unpaired) electrons. The van der Waals surface area contributed by atoms with Crippen LogP contribution in [0.2, 0.25) is 0 Å². The van der Waals surface area contributed by atoms with Gasteiger partial charge in [0.15, 0.2) is 0 Å². The van der Waals surface area contributed by atoms with Gasteiger partial charge in [-0.2, -0.15) is 0 Å². The van der Waals surface area contributed by atoms with E-state index in [1.807, 2.05) is 49.4 Å². The first-order chi connectivity index (χ1) is 9.56. The lowest BCUT2D eigenvalue weighted by Gasteiger charge is -2.12. The standard InChI is InChI=1S/C16H19N3O/c1-11-9-14(7-8-16(11)19-12(2)20)18-10-13-5-3-4-6-15(13)17/h3-9,18H,10,17H2,1-2H3,(H,19,20). The van der Waals surface area contributed by atoms with E-state index in [2.05, 4.69) is 10.6 Å². The van der Waals surface area contributed by atoms with Gasteiger partial charge in [-0.05, 0) is 42.3 Å². The van der Waals surface area contributed by atoms with Gasteiger partial charge in [-0.1, -0.05) is 18.2 Å². The molecule has 1 amide bonds. The summed E-state index contributed by atoms with van der Waals surface area (Å²) in [5, 5.41) is 6.13. The van der Waals surface area contributed by atoms with Gasteiger partial charge in [-0.3, -0.25) is 4.79 Å². The van der Waals surface area contributed by atoms with Gasteiger partial charge >= 0.3 is 0 Å². The number of hydrogen-bond donors (Lipinski definition) is 3. The largest absolute Gasteiger partial charge is 0.398 e. The number of hydrogen-bond acceptors (Lipinski definition) is 3. The number of amides is 1. The van der Waals surface area contributed by atoms with Crippen molar-refractivity contribution in [3.63, 3.8) is 0 Å². The fourth-order valence-corrected chi connectivity index (χ4v) is 2.00. The van der Waals surface area contributed by atoms with Crippen molar-refractivity contribution in [3.05, 3.63) is 53.6 Å². The molecule has 4 nitrogen and oxygen atoms in total. The fraction of sp³-hybridized carbons (Fsp3) is 0.188. The number of carbonyl (C=O) groups excluding carboxylic acids is 1. The molecule has 0 saturated heterocycles. The molecule has 0 aliphatic carbocycles. The van der Waals surface area contributed by atoms with Gasteiger partial charge in [0.05, 0.1) is 0 Å². The Morgan fingerprint density at radius 3 is 2.60 bits per heavy atom.